The molecule has 1 aliphatic rings. The van der Waals surface area contributed by atoms with Gasteiger partial charge in [-0.05, 0) is 44.6 Å². The zero-order chi connectivity index (χ0) is 19.3. The lowest BCUT2D eigenvalue weighted by molar-refractivity contribution is 0.00111. The van der Waals surface area contributed by atoms with Crippen LogP contribution >= 0.6 is 24.0 Å². The van der Waals surface area contributed by atoms with Crippen LogP contribution in [0.2, 0.25) is 0 Å². The van der Waals surface area contributed by atoms with Gasteiger partial charge in [0.15, 0.2) is 5.96 Å². The molecule has 7 heteroatoms. The number of nitrogens with zero attached hydrogens (tertiary/aromatic N) is 1. The predicted molar refractivity (Wildman–Crippen MR) is 124 cm³/mol. The maximum atomic E-state index is 10.2. The fourth-order valence-corrected chi connectivity index (χ4v) is 2.58. The topological polar surface area (TPSA) is 75.1 Å². The van der Waals surface area contributed by atoms with Crippen molar-refractivity contribution in [2.75, 3.05) is 39.5 Å². The molecule has 6 nitrogen and oxygen atoms in total. The SMILES string of the molecule is CCNC(=NCC(O)COC(C)c1ccccc1)NCCCOCC1CC1.I. The third-order valence-corrected chi connectivity index (χ3v) is 4.42. The van der Waals surface area contributed by atoms with E-state index in [-0.39, 0.29) is 36.7 Å². The van der Waals surface area contributed by atoms with E-state index in [1.165, 1.54) is 12.8 Å². The summed E-state index contributed by atoms with van der Waals surface area (Å²) < 4.78 is 11.4. The van der Waals surface area contributed by atoms with E-state index in [4.69, 9.17) is 9.47 Å². The van der Waals surface area contributed by atoms with Crippen LogP contribution < -0.4 is 10.6 Å². The summed E-state index contributed by atoms with van der Waals surface area (Å²) in [4.78, 5) is 4.44. The van der Waals surface area contributed by atoms with Crippen LogP contribution in [-0.2, 0) is 9.47 Å². The average Bonchev–Trinajstić information content (AvgIpc) is 3.51. The molecule has 2 unspecified atom stereocenters. The molecule has 0 spiro atoms. The van der Waals surface area contributed by atoms with Crippen molar-refractivity contribution < 1.29 is 14.6 Å². The summed E-state index contributed by atoms with van der Waals surface area (Å²) >= 11 is 0. The van der Waals surface area contributed by atoms with E-state index < -0.39 is 6.10 Å². The molecular formula is C21H36IN3O3. The first-order valence-electron chi connectivity index (χ1n) is 10.1. The summed E-state index contributed by atoms with van der Waals surface area (Å²) in [6, 6.07) is 10.0. The quantitative estimate of drug-likeness (QED) is 0.166. The van der Waals surface area contributed by atoms with Gasteiger partial charge in [-0.2, -0.15) is 0 Å². The molecule has 0 aliphatic heterocycles. The molecular weight excluding hydrogens is 469 g/mol. The molecule has 28 heavy (non-hydrogen) atoms. The molecule has 1 aromatic rings. The highest BCUT2D eigenvalue weighted by Gasteiger charge is 2.20. The van der Waals surface area contributed by atoms with Crippen LogP contribution in [0.1, 0.15) is 44.8 Å². The van der Waals surface area contributed by atoms with Crippen LogP contribution in [-0.4, -0.2) is 56.6 Å². The monoisotopic (exact) mass is 505 g/mol. The van der Waals surface area contributed by atoms with Crippen molar-refractivity contribution in [1.29, 1.82) is 0 Å². The number of hydrogen-bond acceptors (Lipinski definition) is 4. The van der Waals surface area contributed by atoms with Gasteiger partial charge in [0.05, 0.1) is 25.4 Å². The molecule has 1 saturated carbocycles. The van der Waals surface area contributed by atoms with Gasteiger partial charge in [-0.1, -0.05) is 30.3 Å². The first kappa shape index (κ1) is 25.1. The molecule has 1 aliphatic carbocycles. The number of aliphatic imine (C=N–C) groups is 1. The Morgan fingerprint density at radius 2 is 2.00 bits per heavy atom. The van der Waals surface area contributed by atoms with Gasteiger partial charge in [0.25, 0.3) is 0 Å². The predicted octanol–water partition coefficient (Wildman–Crippen LogP) is 3.11. The van der Waals surface area contributed by atoms with E-state index in [1.54, 1.807) is 0 Å². The minimum Gasteiger partial charge on any atom is -0.389 e. The van der Waals surface area contributed by atoms with Gasteiger partial charge in [-0.15, -0.1) is 24.0 Å². The lowest BCUT2D eigenvalue weighted by Gasteiger charge is -2.16. The van der Waals surface area contributed by atoms with E-state index >= 15 is 0 Å². The largest absolute Gasteiger partial charge is 0.389 e. The summed E-state index contributed by atoms with van der Waals surface area (Å²) in [5.74, 6) is 1.53. The second-order valence-electron chi connectivity index (χ2n) is 7.06. The molecule has 0 saturated heterocycles. The average molecular weight is 505 g/mol. The Hall–Kier alpha value is -0.900. The standard InChI is InChI=1S/C21H35N3O3.HI/c1-3-22-21(23-12-7-13-26-15-18-10-11-18)24-14-20(25)16-27-17(2)19-8-5-4-6-9-19;/h4-6,8-9,17-18,20,25H,3,7,10-16H2,1-2H3,(H2,22,23,24);1H. The zero-order valence-electron chi connectivity index (χ0n) is 17.1. The highest BCUT2D eigenvalue weighted by Crippen LogP contribution is 2.28. The fraction of sp³-hybridized carbons (Fsp3) is 0.667. The van der Waals surface area contributed by atoms with Gasteiger partial charge in [-0.25, -0.2) is 0 Å². The van der Waals surface area contributed by atoms with Gasteiger partial charge in [0, 0.05) is 26.3 Å². The fourth-order valence-electron chi connectivity index (χ4n) is 2.58. The summed E-state index contributed by atoms with van der Waals surface area (Å²) in [7, 11) is 0. The molecule has 2 rings (SSSR count). The van der Waals surface area contributed by atoms with Gasteiger partial charge in [0.1, 0.15) is 0 Å². The Morgan fingerprint density at radius 3 is 2.68 bits per heavy atom. The number of guanidine groups is 1. The smallest absolute Gasteiger partial charge is 0.191 e. The summed E-state index contributed by atoms with van der Waals surface area (Å²) in [5, 5.41) is 16.6. The third-order valence-electron chi connectivity index (χ3n) is 4.42. The van der Waals surface area contributed by atoms with E-state index in [1.807, 2.05) is 44.2 Å². The van der Waals surface area contributed by atoms with Crippen LogP contribution in [0.15, 0.2) is 35.3 Å². The van der Waals surface area contributed by atoms with Gasteiger partial charge >= 0.3 is 0 Å². The van der Waals surface area contributed by atoms with Crippen LogP contribution in [0.3, 0.4) is 0 Å². The van der Waals surface area contributed by atoms with Crippen molar-refractivity contribution in [1.82, 2.24) is 10.6 Å². The van der Waals surface area contributed by atoms with Crippen LogP contribution in [0.4, 0.5) is 0 Å². The lowest BCUT2D eigenvalue weighted by atomic mass is 10.1. The number of hydrogen-bond donors (Lipinski definition) is 3. The molecule has 1 aromatic carbocycles. The maximum Gasteiger partial charge on any atom is 0.191 e. The highest BCUT2D eigenvalue weighted by molar-refractivity contribution is 14.0. The summed E-state index contributed by atoms with van der Waals surface area (Å²) in [6.45, 7) is 7.83. The van der Waals surface area contributed by atoms with Crippen LogP contribution in [0, 0.1) is 5.92 Å². The Bertz CT molecular complexity index is 541. The van der Waals surface area contributed by atoms with Crippen LogP contribution in [0.25, 0.3) is 0 Å². The van der Waals surface area contributed by atoms with Crippen molar-refractivity contribution >= 4 is 29.9 Å². The summed E-state index contributed by atoms with van der Waals surface area (Å²) in [6.07, 6.45) is 2.91. The van der Waals surface area contributed by atoms with Crippen molar-refractivity contribution in [2.24, 2.45) is 10.9 Å². The number of aliphatic hydroxyl groups is 1. The number of halogens is 1. The Kier molecular flexibility index (Phi) is 13.5. The first-order valence-corrected chi connectivity index (χ1v) is 10.1. The van der Waals surface area contributed by atoms with E-state index in [9.17, 15) is 5.11 Å². The Labute approximate surface area is 186 Å². The minimum atomic E-state index is -0.631. The second-order valence-corrected chi connectivity index (χ2v) is 7.06. The number of ether oxygens (including phenoxy) is 2. The Balaban J connectivity index is 0.00000392. The van der Waals surface area contributed by atoms with Gasteiger partial charge < -0.3 is 25.2 Å². The maximum absolute atomic E-state index is 10.2. The van der Waals surface area contributed by atoms with E-state index in [0.29, 0.717) is 6.54 Å². The Morgan fingerprint density at radius 1 is 1.25 bits per heavy atom. The highest BCUT2D eigenvalue weighted by atomic mass is 127. The molecule has 2 atom stereocenters. The number of benzene rings is 1. The third kappa shape index (κ3) is 11.2. The summed E-state index contributed by atoms with van der Waals surface area (Å²) in [5.41, 5.74) is 1.10. The molecule has 3 N–H and O–H groups in total. The minimum absolute atomic E-state index is 0. The van der Waals surface area contributed by atoms with Crippen molar-refractivity contribution in [3.63, 3.8) is 0 Å². The number of aliphatic hydroxyl groups excluding tert-OH is 1. The van der Waals surface area contributed by atoms with Crippen molar-refractivity contribution in [3.05, 3.63) is 35.9 Å². The second kappa shape index (κ2) is 15.0. The van der Waals surface area contributed by atoms with E-state index in [0.717, 1.165) is 50.2 Å². The first-order chi connectivity index (χ1) is 13.2. The number of rotatable bonds is 13. The van der Waals surface area contributed by atoms with E-state index in [2.05, 4.69) is 15.6 Å². The molecule has 0 heterocycles. The van der Waals surface area contributed by atoms with Crippen molar-refractivity contribution in [3.8, 4) is 0 Å². The zero-order valence-corrected chi connectivity index (χ0v) is 19.4. The molecule has 160 valence electrons. The number of nitrogens with one attached hydrogen (secondary N) is 2. The molecule has 0 amide bonds. The molecule has 0 radical (unpaired) electrons. The van der Waals surface area contributed by atoms with Gasteiger partial charge in [-0.3, -0.25) is 4.99 Å². The molecule has 1 fully saturated rings. The van der Waals surface area contributed by atoms with Gasteiger partial charge in [0.2, 0.25) is 0 Å². The normalized spacial score (nSPS) is 16.2. The molecule has 0 aromatic heterocycles. The van der Waals surface area contributed by atoms with Crippen molar-refractivity contribution in [2.45, 2.75) is 45.3 Å². The lowest BCUT2D eigenvalue weighted by Crippen LogP contribution is -2.39. The molecule has 0 bridgehead atoms. The van der Waals surface area contributed by atoms with Crippen LogP contribution in [0.5, 0.6) is 0 Å².